The van der Waals surface area contributed by atoms with Gasteiger partial charge in [0.15, 0.2) is 0 Å². The van der Waals surface area contributed by atoms with Crippen LogP contribution in [0.2, 0.25) is 0 Å². The SMILES string of the molecule is CCc1nnc(NC(=O)C2CCCN(S(=O)(=O)CC)C2)s1. The number of nitrogens with zero attached hydrogens (tertiary/aromatic N) is 3. The number of piperidine rings is 1. The van der Waals surface area contributed by atoms with Crippen molar-refractivity contribution in [1.82, 2.24) is 14.5 Å². The molecule has 9 heteroatoms. The third-order valence-electron chi connectivity index (χ3n) is 3.51. The van der Waals surface area contributed by atoms with Crippen LogP contribution in [0.5, 0.6) is 0 Å². The highest BCUT2D eigenvalue weighted by molar-refractivity contribution is 7.89. The number of hydrogen-bond donors (Lipinski definition) is 1. The van der Waals surface area contributed by atoms with E-state index in [1.54, 1.807) is 6.92 Å². The highest BCUT2D eigenvalue weighted by Crippen LogP contribution is 2.22. The molecule has 1 aliphatic rings. The van der Waals surface area contributed by atoms with E-state index in [1.807, 2.05) is 6.92 Å². The van der Waals surface area contributed by atoms with E-state index in [-0.39, 0.29) is 24.1 Å². The van der Waals surface area contributed by atoms with Crippen LogP contribution >= 0.6 is 11.3 Å². The van der Waals surface area contributed by atoms with Crippen molar-refractivity contribution in [3.05, 3.63) is 5.01 Å². The Balaban J connectivity index is 1.99. The Morgan fingerprint density at radius 1 is 1.43 bits per heavy atom. The maximum absolute atomic E-state index is 12.2. The Kier molecular flexibility index (Phi) is 5.28. The van der Waals surface area contributed by atoms with Gasteiger partial charge >= 0.3 is 0 Å². The van der Waals surface area contributed by atoms with E-state index in [9.17, 15) is 13.2 Å². The molecule has 0 saturated carbocycles. The highest BCUT2D eigenvalue weighted by atomic mass is 32.2. The molecule has 1 amide bonds. The summed E-state index contributed by atoms with van der Waals surface area (Å²) >= 11 is 1.35. The Morgan fingerprint density at radius 2 is 2.19 bits per heavy atom. The number of aryl methyl sites for hydroxylation is 1. The van der Waals surface area contributed by atoms with Crippen LogP contribution < -0.4 is 5.32 Å². The van der Waals surface area contributed by atoms with Crippen LogP contribution in [-0.2, 0) is 21.2 Å². The molecule has 1 fully saturated rings. The first-order valence-corrected chi connectivity index (χ1v) is 9.50. The Labute approximate surface area is 128 Å². The van der Waals surface area contributed by atoms with Gasteiger partial charge in [0.25, 0.3) is 0 Å². The van der Waals surface area contributed by atoms with Crippen LogP contribution in [0.25, 0.3) is 0 Å². The van der Waals surface area contributed by atoms with Crippen molar-refractivity contribution in [3.8, 4) is 0 Å². The molecule has 0 radical (unpaired) electrons. The highest BCUT2D eigenvalue weighted by Gasteiger charge is 2.31. The quantitative estimate of drug-likeness (QED) is 0.871. The number of nitrogens with one attached hydrogen (secondary N) is 1. The summed E-state index contributed by atoms with van der Waals surface area (Å²) in [4.78, 5) is 12.2. The molecule has 0 aliphatic carbocycles. The van der Waals surface area contributed by atoms with Crippen molar-refractivity contribution in [3.63, 3.8) is 0 Å². The molecular weight excluding hydrogens is 312 g/mol. The molecule has 118 valence electrons. The number of aromatic nitrogens is 2. The first-order valence-electron chi connectivity index (χ1n) is 7.07. The third kappa shape index (κ3) is 3.98. The Hall–Kier alpha value is -1.06. The third-order valence-corrected chi connectivity index (χ3v) is 6.34. The number of sulfonamides is 1. The summed E-state index contributed by atoms with van der Waals surface area (Å²) in [5, 5.41) is 11.9. The molecule has 0 aromatic carbocycles. The van der Waals surface area contributed by atoms with Gasteiger partial charge < -0.3 is 5.32 Å². The lowest BCUT2D eigenvalue weighted by Crippen LogP contribution is -2.44. The molecule has 1 N–H and O–H groups in total. The standard InChI is InChI=1S/C12H20N4O3S2/c1-3-10-14-15-12(20-10)13-11(17)9-6-5-7-16(8-9)21(18,19)4-2/h9H,3-8H2,1-2H3,(H,13,15,17). The van der Waals surface area contributed by atoms with Gasteiger partial charge in [-0.05, 0) is 26.2 Å². The second-order valence-corrected chi connectivity index (χ2v) is 8.26. The molecule has 1 aromatic heterocycles. The first-order chi connectivity index (χ1) is 9.96. The van der Waals surface area contributed by atoms with E-state index in [0.717, 1.165) is 11.4 Å². The van der Waals surface area contributed by atoms with Crippen LogP contribution in [0.1, 0.15) is 31.7 Å². The molecule has 7 nitrogen and oxygen atoms in total. The van der Waals surface area contributed by atoms with Crippen LogP contribution in [0.3, 0.4) is 0 Å². The Morgan fingerprint density at radius 3 is 2.81 bits per heavy atom. The summed E-state index contributed by atoms with van der Waals surface area (Å²) in [5.41, 5.74) is 0. The first kappa shape index (κ1) is 16.3. The zero-order valence-electron chi connectivity index (χ0n) is 12.2. The predicted molar refractivity (Wildman–Crippen MR) is 81.7 cm³/mol. The summed E-state index contributed by atoms with van der Waals surface area (Å²) in [6, 6.07) is 0. The number of anilines is 1. The van der Waals surface area contributed by atoms with E-state index in [1.165, 1.54) is 15.6 Å². The second-order valence-electron chi connectivity index (χ2n) is 4.94. The molecule has 1 unspecified atom stereocenters. The number of carbonyl (C=O) groups excluding carboxylic acids is 1. The molecule has 1 saturated heterocycles. The summed E-state index contributed by atoms with van der Waals surface area (Å²) in [6.07, 6.45) is 2.17. The van der Waals surface area contributed by atoms with Crippen LogP contribution in [0.4, 0.5) is 5.13 Å². The number of carbonyl (C=O) groups is 1. The van der Waals surface area contributed by atoms with Gasteiger partial charge in [0.2, 0.25) is 21.1 Å². The maximum atomic E-state index is 12.2. The molecule has 2 heterocycles. The zero-order chi connectivity index (χ0) is 15.5. The van der Waals surface area contributed by atoms with E-state index in [4.69, 9.17) is 0 Å². The fourth-order valence-electron chi connectivity index (χ4n) is 2.25. The van der Waals surface area contributed by atoms with Gasteiger partial charge in [-0.3, -0.25) is 4.79 Å². The van der Waals surface area contributed by atoms with Gasteiger partial charge in [0.05, 0.1) is 11.7 Å². The topological polar surface area (TPSA) is 92.3 Å². The van der Waals surface area contributed by atoms with Gasteiger partial charge in [-0.1, -0.05) is 18.3 Å². The average molecular weight is 332 g/mol. The maximum Gasteiger partial charge on any atom is 0.230 e. The van der Waals surface area contributed by atoms with Crippen molar-refractivity contribution in [2.45, 2.75) is 33.1 Å². The van der Waals surface area contributed by atoms with E-state index in [2.05, 4.69) is 15.5 Å². The fraction of sp³-hybridized carbons (Fsp3) is 0.750. The molecule has 21 heavy (non-hydrogen) atoms. The average Bonchev–Trinajstić information content (AvgIpc) is 2.95. The molecule has 1 atom stereocenters. The molecule has 0 spiro atoms. The van der Waals surface area contributed by atoms with Gasteiger partial charge in [-0.25, -0.2) is 12.7 Å². The van der Waals surface area contributed by atoms with E-state index in [0.29, 0.717) is 24.5 Å². The van der Waals surface area contributed by atoms with Crippen molar-refractivity contribution in [1.29, 1.82) is 0 Å². The minimum atomic E-state index is -3.23. The predicted octanol–water partition coefficient (Wildman–Crippen LogP) is 1.10. The van der Waals surface area contributed by atoms with Gasteiger partial charge in [0, 0.05) is 13.1 Å². The molecule has 1 aliphatic heterocycles. The van der Waals surface area contributed by atoms with Crippen LogP contribution in [0.15, 0.2) is 0 Å². The number of amides is 1. The lowest BCUT2D eigenvalue weighted by Gasteiger charge is -2.30. The van der Waals surface area contributed by atoms with Gasteiger partial charge in [-0.2, -0.15) is 0 Å². The van der Waals surface area contributed by atoms with Crippen molar-refractivity contribution >= 4 is 32.4 Å². The van der Waals surface area contributed by atoms with Crippen molar-refractivity contribution in [2.24, 2.45) is 5.92 Å². The summed E-state index contributed by atoms with van der Waals surface area (Å²) in [5.74, 6) is -0.434. The number of rotatable bonds is 5. The van der Waals surface area contributed by atoms with Gasteiger partial charge in [-0.15, -0.1) is 10.2 Å². The largest absolute Gasteiger partial charge is 0.300 e. The molecular formula is C12H20N4O3S2. The fourth-order valence-corrected chi connectivity index (χ4v) is 4.11. The minimum absolute atomic E-state index is 0.0671. The molecule has 0 bridgehead atoms. The summed E-state index contributed by atoms with van der Waals surface area (Å²) in [6.45, 7) is 4.34. The normalized spacial score (nSPS) is 20.4. The molecule has 2 rings (SSSR count). The van der Waals surface area contributed by atoms with Gasteiger partial charge in [0.1, 0.15) is 5.01 Å². The second kappa shape index (κ2) is 6.80. The zero-order valence-corrected chi connectivity index (χ0v) is 13.8. The minimum Gasteiger partial charge on any atom is -0.300 e. The van der Waals surface area contributed by atoms with Crippen molar-refractivity contribution in [2.75, 3.05) is 24.2 Å². The lowest BCUT2D eigenvalue weighted by atomic mass is 9.99. The summed E-state index contributed by atoms with van der Waals surface area (Å²) in [7, 11) is -3.23. The smallest absolute Gasteiger partial charge is 0.230 e. The van der Waals surface area contributed by atoms with E-state index < -0.39 is 10.0 Å². The Bertz CT molecular complexity index is 599. The van der Waals surface area contributed by atoms with Crippen molar-refractivity contribution < 1.29 is 13.2 Å². The van der Waals surface area contributed by atoms with Crippen LogP contribution in [0, 0.1) is 5.92 Å². The monoisotopic (exact) mass is 332 g/mol. The summed E-state index contributed by atoms with van der Waals surface area (Å²) < 4.78 is 25.2. The van der Waals surface area contributed by atoms with E-state index >= 15 is 0 Å². The molecule has 1 aromatic rings. The lowest BCUT2D eigenvalue weighted by molar-refractivity contribution is -0.120. The number of hydrogen-bond acceptors (Lipinski definition) is 6. The van der Waals surface area contributed by atoms with Crippen LogP contribution in [-0.4, -0.2) is 47.7 Å².